The lowest BCUT2D eigenvalue weighted by atomic mass is 10.4. The largest absolute Gasteiger partial charge is 0.369 e. The molecule has 0 atom stereocenters. The van der Waals surface area contributed by atoms with Gasteiger partial charge in [-0.3, -0.25) is 4.57 Å². The second-order valence-corrected chi connectivity index (χ2v) is 2.09. The summed E-state index contributed by atoms with van der Waals surface area (Å²) in [6.45, 7) is 5.56. The van der Waals surface area contributed by atoms with E-state index in [9.17, 15) is 0 Å². The van der Waals surface area contributed by atoms with E-state index in [0.29, 0.717) is 5.95 Å². The topological polar surface area (TPSA) is 43.8 Å². The zero-order valence-electron chi connectivity index (χ0n) is 6.49. The van der Waals surface area contributed by atoms with E-state index in [2.05, 4.69) is 11.6 Å². The summed E-state index contributed by atoms with van der Waals surface area (Å²) in [6.07, 6.45) is 7.19. The zero-order chi connectivity index (χ0) is 8.27. The van der Waals surface area contributed by atoms with Gasteiger partial charge in [0.05, 0.1) is 11.9 Å². The van der Waals surface area contributed by atoms with Crippen LogP contribution < -0.4 is 5.73 Å². The lowest BCUT2D eigenvalue weighted by Gasteiger charge is -1.97. The van der Waals surface area contributed by atoms with Gasteiger partial charge in [-0.15, -0.1) is 0 Å². The molecule has 0 spiro atoms. The van der Waals surface area contributed by atoms with Gasteiger partial charge in [0.2, 0.25) is 5.95 Å². The Labute approximate surface area is 65.9 Å². The first-order valence-corrected chi connectivity index (χ1v) is 3.37. The highest BCUT2D eigenvalue weighted by molar-refractivity contribution is 5.52. The molecule has 3 heteroatoms. The Balaban J connectivity index is 3.15. The number of anilines is 1. The number of rotatable bonds is 2. The first-order chi connectivity index (χ1) is 5.29. The highest BCUT2D eigenvalue weighted by Gasteiger charge is 1.98. The van der Waals surface area contributed by atoms with Crippen LogP contribution in [0.15, 0.2) is 18.9 Å². The van der Waals surface area contributed by atoms with Crippen molar-refractivity contribution in [3.05, 3.63) is 24.5 Å². The van der Waals surface area contributed by atoms with Crippen molar-refractivity contribution >= 4 is 18.2 Å². The van der Waals surface area contributed by atoms with Crippen molar-refractivity contribution in [1.82, 2.24) is 9.55 Å². The smallest absolute Gasteiger partial charge is 0.204 e. The predicted molar refractivity (Wildman–Crippen MR) is 47.7 cm³/mol. The van der Waals surface area contributed by atoms with Crippen molar-refractivity contribution in [2.24, 2.45) is 0 Å². The van der Waals surface area contributed by atoms with Gasteiger partial charge in [-0.05, 0) is 13.0 Å². The number of nitrogen functional groups attached to an aromatic ring is 1. The van der Waals surface area contributed by atoms with Gasteiger partial charge >= 0.3 is 0 Å². The van der Waals surface area contributed by atoms with Crippen LogP contribution >= 0.6 is 0 Å². The third kappa shape index (κ3) is 1.32. The van der Waals surface area contributed by atoms with Crippen molar-refractivity contribution in [3.8, 4) is 0 Å². The summed E-state index contributed by atoms with van der Waals surface area (Å²) in [6, 6.07) is 0. The number of imidazole rings is 1. The maximum atomic E-state index is 5.53. The Morgan fingerprint density at radius 2 is 2.45 bits per heavy atom. The summed E-state index contributed by atoms with van der Waals surface area (Å²) in [7, 11) is 0. The molecule has 0 bridgehead atoms. The molecule has 0 unspecified atom stereocenters. The molecule has 58 valence electrons. The van der Waals surface area contributed by atoms with Crippen LogP contribution in [0.3, 0.4) is 0 Å². The quantitative estimate of drug-likeness (QED) is 0.694. The third-order valence-corrected chi connectivity index (χ3v) is 1.37. The van der Waals surface area contributed by atoms with E-state index in [4.69, 9.17) is 5.73 Å². The highest BCUT2D eigenvalue weighted by atomic mass is 15.1. The molecule has 1 rings (SSSR count). The van der Waals surface area contributed by atoms with Crippen LogP contribution in [0, 0.1) is 0 Å². The first kappa shape index (κ1) is 7.60. The van der Waals surface area contributed by atoms with Crippen molar-refractivity contribution in [2.45, 2.75) is 6.92 Å². The van der Waals surface area contributed by atoms with Gasteiger partial charge < -0.3 is 5.73 Å². The minimum Gasteiger partial charge on any atom is -0.369 e. The van der Waals surface area contributed by atoms with Crippen molar-refractivity contribution in [2.75, 3.05) is 5.73 Å². The molecule has 0 radical (unpaired) electrons. The van der Waals surface area contributed by atoms with E-state index >= 15 is 0 Å². The molecule has 1 heterocycles. The third-order valence-electron chi connectivity index (χ3n) is 1.37. The summed E-state index contributed by atoms with van der Waals surface area (Å²) >= 11 is 0. The minimum absolute atomic E-state index is 0.466. The number of aromatic nitrogens is 2. The Morgan fingerprint density at radius 1 is 1.73 bits per heavy atom. The van der Waals surface area contributed by atoms with Crippen molar-refractivity contribution in [3.63, 3.8) is 0 Å². The summed E-state index contributed by atoms with van der Waals surface area (Å²) in [5, 5.41) is 0. The van der Waals surface area contributed by atoms with Crippen LogP contribution in [0.1, 0.15) is 12.6 Å². The fourth-order valence-corrected chi connectivity index (χ4v) is 0.882. The molecule has 3 nitrogen and oxygen atoms in total. The number of nitrogens with two attached hydrogens (primary N) is 1. The maximum Gasteiger partial charge on any atom is 0.204 e. The number of hydrogen-bond acceptors (Lipinski definition) is 2. The van der Waals surface area contributed by atoms with E-state index < -0.39 is 0 Å². The first-order valence-electron chi connectivity index (χ1n) is 3.37. The summed E-state index contributed by atoms with van der Waals surface area (Å²) in [4.78, 5) is 3.92. The molecular formula is C8H11N3. The number of allylic oxidation sites excluding steroid dienone is 1. The summed E-state index contributed by atoms with van der Waals surface area (Å²) in [5.74, 6) is 0.466. The molecule has 1 aromatic heterocycles. The van der Waals surface area contributed by atoms with Crippen LogP contribution in [-0.2, 0) is 0 Å². The number of nitrogens with zero attached hydrogens (tertiary/aromatic N) is 2. The molecule has 0 fully saturated rings. The van der Waals surface area contributed by atoms with Gasteiger partial charge in [0, 0.05) is 6.20 Å². The lowest BCUT2D eigenvalue weighted by molar-refractivity contribution is 1.14. The van der Waals surface area contributed by atoms with E-state index in [-0.39, 0.29) is 0 Å². The Bertz CT molecular complexity index is 284. The Kier molecular flexibility index (Phi) is 2.11. The molecular weight excluding hydrogens is 138 g/mol. The Morgan fingerprint density at radius 3 is 3.00 bits per heavy atom. The van der Waals surface area contributed by atoms with Gasteiger partial charge in [-0.25, -0.2) is 4.98 Å². The highest BCUT2D eigenvalue weighted by Crippen LogP contribution is 2.08. The van der Waals surface area contributed by atoms with Gasteiger partial charge in [-0.2, -0.15) is 0 Å². The summed E-state index contributed by atoms with van der Waals surface area (Å²) in [5.41, 5.74) is 6.47. The van der Waals surface area contributed by atoms with E-state index in [1.807, 2.05) is 19.1 Å². The molecule has 11 heavy (non-hydrogen) atoms. The van der Waals surface area contributed by atoms with Crippen molar-refractivity contribution < 1.29 is 0 Å². The zero-order valence-corrected chi connectivity index (χ0v) is 6.49. The van der Waals surface area contributed by atoms with Gasteiger partial charge in [0.15, 0.2) is 0 Å². The molecule has 0 amide bonds. The minimum atomic E-state index is 0.466. The van der Waals surface area contributed by atoms with Gasteiger partial charge in [0.1, 0.15) is 0 Å². The molecule has 0 saturated carbocycles. The van der Waals surface area contributed by atoms with E-state index in [0.717, 1.165) is 5.69 Å². The lowest BCUT2D eigenvalue weighted by Crippen LogP contribution is -1.96. The van der Waals surface area contributed by atoms with Crippen LogP contribution in [0.4, 0.5) is 5.95 Å². The summed E-state index contributed by atoms with van der Waals surface area (Å²) < 4.78 is 1.72. The average molecular weight is 149 g/mol. The Hall–Kier alpha value is -1.51. The second kappa shape index (κ2) is 3.05. The van der Waals surface area contributed by atoms with Gasteiger partial charge in [-0.1, -0.05) is 12.7 Å². The molecule has 0 aliphatic carbocycles. The predicted octanol–water partition coefficient (Wildman–Crippen LogP) is 1.60. The van der Waals surface area contributed by atoms with Crippen LogP contribution in [-0.4, -0.2) is 9.55 Å². The maximum absolute atomic E-state index is 5.53. The molecule has 0 aliphatic rings. The monoisotopic (exact) mass is 149 g/mol. The van der Waals surface area contributed by atoms with Crippen LogP contribution in [0.5, 0.6) is 0 Å². The average Bonchev–Trinajstić information content (AvgIpc) is 2.33. The molecule has 1 aromatic rings. The SMILES string of the molecule is C=Cn1c(/C=C\C)cnc1N. The molecule has 2 N–H and O–H groups in total. The molecule has 0 saturated heterocycles. The molecule has 0 aromatic carbocycles. The van der Waals surface area contributed by atoms with Crippen LogP contribution in [0.25, 0.3) is 12.3 Å². The number of hydrogen-bond donors (Lipinski definition) is 1. The normalized spacial score (nSPS) is 10.6. The fraction of sp³-hybridized carbons (Fsp3) is 0.125. The van der Waals surface area contributed by atoms with Crippen LogP contribution in [0.2, 0.25) is 0 Å². The van der Waals surface area contributed by atoms with E-state index in [1.54, 1.807) is 17.0 Å². The standard InChI is InChI=1S/C8H11N3/c1-3-5-7-6-10-8(9)11(7)4-2/h3-6H,2H2,1H3,(H2,9,10)/b5-3-. The molecule has 0 aliphatic heterocycles. The van der Waals surface area contributed by atoms with Gasteiger partial charge in [0.25, 0.3) is 0 Å². The second-order valence-electron chi connectivity index (χ2n) is 2.09. The van der Waals surface area contributed by atoms with E-state index in [1.165, 1.54) is 0 Å². The van der Waals surface area contributed by atoms with Crippen molar-refractivity contribution in [1.29, 1.82) is 0 Å². The fourth-order valence-electron chi connectivity index (χ4n) is 0.882.